The second-order valence-electron chi connectivity index (χ2n) is 9.27. The molecule has 6 heterocycles. The third-order valence-electron chi connectivity index (χ3n) is 8.80. The molecule has 0 aromatic heterocycles. The van der Waals surface area contributed by atoms with Crippen molar-refractivity contribution in [2.24, 2.45) is 11.8 Å². The number of para-hydroxylation sites is 1. The molecule has 1 amide bonds. The fourth-order valence-corrected chi connectivity index (χ4v) is 8.36. The van der Waals surface area contributed by atoms with Crippen molar-refractivity contribution in [2.45, 2.75) is 61.9 Å². The molecule has 27 heavy (non-hydrogen) atoms. The Labute approximate surface area is 159 Å². The minimum absolute atomic E-state index is 0.0834. The van der Waals surface area contributed by atoms with Crippen molar-refractivity contribution in [3.63, 3.8) is 0 Å². The van der Waals surface area contributed by atoms with Crippen LogP contribution < -0.4 is 4.90 Å². The van der Waals surface area contributed by atoms with Gasteiger partial charge in [0.15, 0.2) is 0 Å². The summed E-state index contributed by atoms with van der Waals surface area (Å²) in [5.41, 5.74) is 2.14. The average Bonchev–Trinajstić information content (AvgIpc) is 3.20. The van der Waals surface area contributed by atoms with Gasteiger partial charge in [0.1, 0.15) is 5.72 Å². The smallest absolute Gasteiger partial charge is 0.229 e. The minimum Gasteiger partial charge on any atom is -0.377 e. The molecule has 7 rings (SSSR count). The largest absolute Gasteiger partial charge is 0.377 e. The van der Waals surface area contributed by atoms with Crippen LogP contribution in [0.1, 0.15) is 38.2 Å². The zero-order chi connectivity index (χ0) is 18.0. The standard InChI is InChI=1S/C22H26N2O3/c1-2-27-22-12-13-15-7-10-26-17-11-18(25)24-16-6-4-3-5-14(16)21(22,8-9-23(15)22)20(24)19(13)17/h3-6,13,15,17,19-20H,2,7-12H2,1H3/t13-,15?,17-,19-,20+,21+,22-/m1/s1. The van der Waals surface area contributed by atoms with Crippen LogP contribution in [0.15, 0.2) is 24.3 Å². The Morgan fingerprint density at radius 1 is 1.33 bits per heavy atom. The molecule has 5 nitrogen and oxygen atoms in total. The highest BCUT2D eigenvalue weighted by Gasteiger charge is 2.80. The molecule has 1 aromatic carbocycles. The summed E-state index contributed by atoms with van der Waals surface area (Å²) in [5, 5.41) is 0. The summed E-state index contributed by atoms with van der Waals surface area (Å²) in [4.78, 5) is 18.2. The van der Waals surface area contributed by atoms with Crippen LogP contribution in [0.2, 0.25) is 0 Å². The van der Waals surface area contributed by atoms with Crippen LogP contribution in [-0.4, -0.2) is 54.5 Å². The molecule has 5 saturated heterocycles. The number of piperidine rings is 1. The summed E-state index contributed by atoms with van der Waals surface area (Å²) in [6.45, 7) is 4.71. The average molecular weight is 366 g/mol. The van der Waals surface area contributed by atoms with E-state index in [0.29, 0.717) is 24.3 Å². The lowest BCUT2D eigenvalue weighted by Crippen LogP contribution is -2.70. The number of rotatable bonds is 2. The molecule has 0 saturated carbocycles. The Kier molecular flexibility index (Phi) is 2.73. The Hall–Kier alpha value is -1.43. The molecule has 5 fully saturated rings. The maximum Gasteiger partial charge on any atom is 0.229 e. The van der Waals surface area contributed by atoms with Crippen LogP contribution in [-0.2, 0) is 19.7 Å². The van der Waals surface area contributed by atoms with Gasteiger partial charge in [0.05, 0.1) is 24.0 Å². The Morgan fingerprint density at radius 2 is 2.22 bits per heavy atom. The maximum atomic E-state index is 13.3. The molecule has 6 aliphatic rings. The third kappa shape index (κ3) is 1.43. The SMILES string of the molecule is CCO[C@]12C[C@@H]3C4CCO[C@@H]5CC(=O)N6c7ccccc7[C@@]1(CCN42)[C@@H]6[C@H]35. The second kappa shape index (κ2) is 4.76. The summed E-state index contributed by atoms with van der Waals surface area (Å²) < 4.78 is 13.1. The molecule has 8 atom stereocenters. The van der Waals surface area contributed by atoms with Crippen molar-refractivity contribution in [3.05, 3.63) is 29.8 Å². The fourth-order valence-electron chi connectivity index (χ4n) is 8.36. The normalized spacial score (nSPS) is 50.7. The molecular weight excluding hydrogens is 340 g/mol. The lowest BCUT2D eigenvalue weighted by molar-refractivity contribution is -0.184. The number of hydrogen-bond donors (Lipinski definition) is 0. The van der Waals surface area contributed by atoms with E-state index in [-0.39, 0.29) is 29.2 Å². The molecule has 2 unspecified atom stereocenters. The summed E-state index contributed by atoms with van der Waals surface area (Å²) in [5.74, 6) is 1.25. The van der Waals surface area contributed by atoms with Gasteiger partial charge in [-0.1, -0.05) is 18.2 Å². The second-order valence-corrected chi connectivity index (χ2v) is 9.27. The Balaban J connectivity index is 1.57. The number of benzene rings is 1. The highest BCUT2D eigenvalue weighted by atomic mass is 16.5. The first-order chi connectivity index (χ1) is 13.2. The summed E-state index contributed by atoms with van der Waals surface area (Å²) in [6, 6.07) is 9.39. The van der Waals surface area contributed by atoms with Crippen LogP contribution in [0.25, 0.3) is 0 Å². The number of hydrogen-bond acceptors (Lipinski definition) is 4. The van der Waals surface area contributed by atoms with Crippen molar-refractivity contribution in [2.75, 3.05) is 24.7 Å². The van der Waals surface area contributed by atoms with Crippen molar-refractivity contribution in [1.29, 1.82) is 0 Å². The van der Waals surface area contributed by atoms with Crippen LogP contribution in [0, 0.1) is 11.8 Å². The van der Waals surface area contributed by atoms with Gasteiger partial charge in [-0.05, 0) is 43.7 Å². The van der Waals surface area contributed by atoms with Crippen LogP contribution in [0.3, 0.4) is 0 Å². The summed E-state index contributed by atoms with van der Waals surface area (Å²) in [6.07, 6.45) is 3.88. The zero-order valence-corrected chi connectivity index (χ0v) is 15.8. The minimum atomic E-state index is -0.247. The van der Waals surface area contributed by atoms with Gasteiger partial charge in [-0.3, -0.25) is 9.69 Å². The monoisotopic (exact) mass is 366 g/mol. The van der Waals surface area contributed by atoms with E-state index < -0.39 is 0 Å². The highest BCUT2D eigenvalue weighted by molar-refractivity contribution is 5.99. The number of fused-ring (bicyclic) bond motifs is 2. The molecule has 1 spiro atoms. The van der Waals surface area contributed by atoms with Crippen molar-refractivity contribution >= 4 is 11.6 Å². The number of carbonyl (C=O) groups excluding carboxylic acids is 1. The number of nitrogens with zero attached hydrogens (tertiary/aromatic N) is 2. The van der Waals surface area contributed by atoms with Gasteiger partial charge < -0.3 is 14.4 Å². The first-order valence-electron chi connectivity index (χ1n) is 10.7. The lowest BCUT2D eigenvalue weighted by Gasteiger charge is -2.57. The zero-order valence-electron chi connectivity index (χ0n) is 15.8. The van der Waals surface area contributed by atoms with Gasteiger partial charge in [0, 0.05) is 37.4 Å². The van der Waals surface area contributed by atoms with E-state index in [1.165, 1.54) is 5.56 Å². The highest BCUT2D eigenvalue weighted by Crippen LogP contribution is 2.72. The van der Waals surface area contributed by atoms with Crippen LogP contribution in [0.4, 0.5) is 5.69 Å². The molecule has 142 valence electrons. The fraction of sp³-hybridized carbons (Fsp3) is 0.682. The number of anilines is 1. The van der Waals surface area contributed by atoms with Crippen molar-refractivity contribution in [1.82, 2.24) is 4.90 Å². The van der Waals surface area contributed by atoms with E-state index in [9.17, 15) is 4.79 Å². The molecule has 0 aliphatic carbocycles. The quantitative estimate of drug-likeness (QED) is 0.805. The molecule has 5 heteroatoms. The summed E-state index contributed by atoms with van der Waals surface area (Å²) >= 11 is 0. The topological polar surface area (TPSA) is 42.0 Å². The third-order valence-corrected chi connectivity index (χ3v) is 8.80. The van der Waals surface area contributed by atoms with E-state index in [0.717, 1.165) is 44.7 Å². The lowest BCUT2D eigenvalue weighted by atomic mass is 9.55. The summed E-state index contributed by atoms with van der Waals surface area (Å²) in [7, 11) is 0. The van der Waals surface area contributed by atoms with Crippen molar-refractivity contribution < 1.29 is 14.3 Å². The number of carbonyl (C=O) groups is 1. The van der Waals surface area contributed by atoms with E-state index >= 15 is 0 Å². The molecular formula is C22H26N2O3. The van der Waals surface area contributed by atoms with Crippen LogP contribution >= 0.6 is 0 Å². The first-order valence-corrected chi connectivity index (χ1v) is 10.7. The van der Waals surface area contributed by atoms with E-state index in [1.54, 1.807) is 0 Å². The van der Waals surface area contributed by atoms with Gasteiger partial charge in [0.25, 0.3) is 0 Å². The van der Waals surface area contributed by atoms with Gasteiger partial charge in [-0.2, -0.15) is 0 Å². The Morgan fingerprint density at radius 3 is 3.11 bits per heavy atom. The number of ether oxygens (including phenoxy) is 2. The van der Waals surface area contributed by atoms with Gasteiger partial charge in [-0.25, -0.2) is 0 Å². The number of amides is 1. The van der Waals surface area contributed by atoms with E-state index in [4.69, 9.17) is 9.47 Å². The molecule has 1 aromatic rings. The van der Waals surface area contributed by atoms with E-state index in [2.05, 4.69) is 41.0 Å². The van der Waals surface area contributed by atoms with Gasteiger partial charge >= 0.3 is 0 Å². The predicted octanol–water partition coefficient (Wildman–Crippen LogP) is 2.29. The van der Waals surface area contributed by atoms with Gasteiger partial charge in [0.2, 0.25) is 5.91 Å². The predicted molar refractivity (Wildman–Crippen MR) is 99.4 cm³/mol. The molecule has 6 aliphatic heterocycles. The first kappa shape index (κ1) is 15.5. The molecule has 6 bridgehead atoms. The van der Waals surface area contributed by atoms with Gasteiger partial charge in [-0.15, -0.1) is 0 Å². The molecule has 0 N–H and O–H groups in total. The van der Waals surface area contributed by atoms with Crippen molar-refractivity contribution in [3.8, 4) is 0 Å². The maximum absolute atomic E-state index is 13.3. The van der Waals surface area contributed by atoms with Crippen LogP contribution in [0.5, 0.6) is 0 Å². The molecule has 0 radical (unpaired) electrons. The van der Waals surface area contributed by atoms with E-state index in [1.807, 2.05) is 0 Å². The Bertz CT molecular complexity index is 858.